The average molecular weight is 271 g/mol. The Hall–Kier alpha value is -2.31. The lowest BCUT2D eigenvalue weighted by molar-refractivity contribution is -0.136. The lowest BCUT2D eigenvalue weighted by atomic mass is 10.0. The zero-order valence-corrected chi connectivity index (χ0v) is 9.62. The fourth-order valence-corrected chi connectivity index (χ4v) is 1.84. The van der Waals surface area contributed by atoms with E-state index in [-0.39, 0.29) is 11.1 Å². The molecule has 100 valence electrons. The van der Waals surface area contributed by atoms with Crippen molar-refractivity contribution >= 4 is 16.9 Å². The molecule has 0 saturated carbocycles. The van der Waals surface area contributed by atoms with Gasteiger partial charge in [-0.15, -0.1) is 0 Å². The number of nitrogens with zero attached hydrogens (tertiary/aromatic N) is 1. The van der Waals surface area contributed by atoms with Crippen molar-refractivity contribution in [1.29, 1.82) is 0 Å². The number of carbonyl (C=O) groups is 1. The molecule has 0 unspecified atom stereocenters. The first-order valence-electron chi connectivity index (χ1n) is 5.16. The van der Waals surface area contributed by atoms with Crippen molar-refractivity contribution in [3.63, 3.8) is 0 Å². The van der Waals surface area contributed by atoms with Crippen molar-refractivity contribution in [2.75, 3.05) is 0 Å². The van der Waals surface area contributed by atoms with E-state index in [1.54, 1.807) is 0 Å². The van der Waals surface area contributed by atoms with E-state index in [4.69, 9.17) is 5.11 Å². The summed E-state index contributed by atoms with van der Waals surface area (Å²) in [6, 6.07) is 3.08. The van der Waals surface area contributed by atoms with Gasteiger partial charge in [-0.3, -0.25) is 0 Å². The van der Waals surface area contributed by atoms with Gasteiger partial charge in [0.05, 0.1) is 16.8 Å². The van der Waals surface area contributed by atoms with E-state index in [1.807, 2.05) is 0 Å². The zero-order valence-electron chi connectivity index (χ0n) is 9.62. The Labute approximate surface area is 105 Å². The van der Waals surface area contributed by atoms with Crippen LogP contribution in [0.5, 0.6) is 5.75 Å². The number of pyridine rings is 1. The van der Waals surface area contributed by atoms with Crippen LogP contribution < -0.4 is 0 Å². The highest BCUT2D eigenvalue weighted by atomic mass is 19.4. The van der Waals surface area contributed by atoms with Gasteiger partial charge in [0, 0.05) is 5.39 Å². The van der Waals surface area contributed by atoms with Crippen molar-refractivity contribution in [2.24, 2.45) is 0 Å². The quantitative estimate of drug-likeness (QED) is 0.836. The third-order valence-electron chi connectivity index (χ3n) is 2.68. The molecule has 0 saturated heterocycles. The lowest BCUT2D eigenvalue weighted by Gasteiger charge is -2.13. The van der Waals surface area contributed by atoms with Crippen LogP contribution in [0.4, 0.5) is 13.2 Å². The molecule has 0 radical (unpaired) electrons. The number of aromatic carboxylic acids is 1. The van der Waals surface area contributed by atoms with Crippen molar-refractivity contribution in [3.05, 3.63) is 35.0 Å². The van der Waals surface area contributed by atoms with Gasteiger partial charge < -0.3 is 10.2 Å². The van der Waals surface area contributed by atoms with Gasteiger partial charge in [-0.2, -0.15) is 13.2 Å². The minimum absolute atomic E-state index is 0.165. The van der Waals surface area contributed by atoms with Gasteiger partial charge in [-0.05, 0) is 13.0 Å². The molecule has 0 amide bonds. The predicted octanol–water partition coefficient (Wildman–Crippen LogP) is 2.97. The first kappa shape index (κ1) is 13.1. The Balaban J connectivity index is 2.98. The van der Waals surface area contributed by atoms with E-state index in [9.17, 15) is 23.1 Å². The maximum atomic E-state index is 12.8. The number of carboxylic acids is 1. The van der Waals surface area contributed by atoms with Crippen molar-refractivity contribution in [1.82, 2.24) is 4.98 Å². The highest BCUT2D eigenvalue weighted by Crippen LogP contribution is 2.37. The Morgan fingerprint density at radius 3 is 2.47 bits per heavy atom. The predicted molar refractivity (Wildman–Crippen MR) is 60.1 cm³/mol. The number of hydrogen-bond donors (Lipinski definition) is 2. The summed E-state index contributed by atoms with van der Waals surface area (Å²) in [5.74, 6) is -2.13. The highest BCUT2D eigenvalue weighted by Gasteiger charge is 2.34. The molecule has 0 aliphatic rings. The molecular weight excluding hydrogens is 263 g/mol. The monoisotopic (exact) mass is 271 g/mol. The van der Waals surface area contributed by atoms with Crippen LogP contribution in [0.2, 0.25) is 0 Å². The summed E-state index contributed by atoms with van der Waals surface area (Å²) in [6.45, 7) is 1.24. The number of rotatable bonds is 1. The van der Waals surface area contributed by atoms with Crippen molar-refractivity contribution in [3.8, 4) is 5.75 Å². The van der Waals surface area contributed by atoms with Crippen LogP contribution in [0.15, 0.2) is 18.2 Å². The smallest absolute Gasteiger partial charge is 0.418 e. The summed E-state index contributed by atoms with van der Waals surface area (Å²) in [5, 5.41) is 18.4. The second kappa shape index (κ2) is 4.11. The van der Waals surface area contributed by atoms with Gasteiger partial charge in [0.15, 0.2) is 5.75 Å². The van der Waals surface area contributed by atoms with E-state index >= 15 is 0 Å². The summed E-state index contributed by atoms with van der Waals surface area (Å²) in [6.07, 6.45) is -4.65. The van der Waals surface area contributed by atoms with Gasteiger partial charge in [-0.25, -0.2) is 9.78 Å². The largest absolute Gasteiger partial charge is 0.505 e. The lowest BCUT2D eigenvalue weighted by Crippen LogP contribution is -2.09. The Morgan fingerprint density at radius 2 is 1.95 bits per heavy atom. The van der Waals surface area contributed by atoms with Gasteiger partial charge in [-0.1, -0.05) is 12.1 Å². The van der Waals surface area contributed by atoms with Crippen LogP contribution in [0.1, 0.15) is 21.6 Å². The number of carboxylic acid groups (broad SMARTS) is 1. The molecule has 0 aliphatic carbocycles. The maximum absolute atomic E-state index is 12.8. The molecule has 2 aromatic rings. The van der Waals surface area contributed by atoms with Crippen LogP contribution >= 0.6 is 0 Å². The topological polar surface area (TPSA) is 70.4 Å². The Morgan fingerprint density at radius 1 is 1.32 bits per heavy atom. The molecule has 0 bridgehead atoms. The van der Waals surface area contributed by atoms with E-state index in [1.165, 1.54) is 13.0 Å². The molecule has 0 fully saturated rings. The fraction of sp³-hybridized carbons (Fsp3) is 0.167. The standard InChI is InChI=1S/C12H8F3NO3/c1-5-10(17)8(11(18)19)6-3-2-4-7(9(6)16-5)12(13,14)15/h2-4,17H,1H3,(H,18,19). The van der Waals surface area contributed by atoms with Gasteiger partial charge in [0.25, 0.3) is 0 Å². The van der Waals surface area contributed by atoms with Gasteiger partial charge in [0.1, 0.15) is 5.56 Å². The minimum Gasteiger partial charge on any atom is -0.505 e. The molecule has 0 aliphatic heterocycles. The molecule has 1 aromatic heterocycles. The summed E-state index contributed by atoms with van der Waals surface area (Å²) < 4.78 is 38.5. The van der Waals surface area contributed by atoms with E-state index < -0.39 is 34.5 Å². The molecular formula is C12H8F3NO3. The summed E-state index contributed by atoms with van der Waals surface area (Å²) in [5.41, 5.74) is -2.26. The first-order chi connectivity index (χ1) is 8.73. The summed E-state index contributed by atoms with van der Waals surface area (Å²) in [4.78, 5) is 14.7. The second-order valence-electron chi connectivity index (χ2n) is 3.93. The number of aryl methyl sites for hydroxylation is 1. The number of fused-ring (bicyclic) bond motifs is 1. The molecule has 4 nitrogen and oxygen atoms in total. The number of alkyl halides is 3. The maximum Gasteiger partial charge on any atom is 0.418 e. The SMILES string of the molecule is Cc1nc2c(C(F)(F)F)cccc2c(C(=O)O)c1O. The summed E-state index contributed by atoms with van der Waals surface area (Å²) >= 11 is 0. The molecule has 1 heterocycles. The second-order valence-corrected chi connectivity index (χ2v) is 3.93. The van der Waals surface area contributed by atoms with E-state index in [2.05, 4.69) is 4.98 Å². The number of aromatic hydroxyl groups is 1. The van der Waals surface area contributed by atoms with Crippen LogP contribution in [0.25, 0.3) is 10.9 Å². The molecule has 1 aromatic carbocycles. The third-order valence-corrected chi connectivity index (χ3v) is 2.68. The van der Waals surface area contributed by atoms with Gasteiger partial charge in [0.2, 0.25) is 0 Å². The van der Waals surface area contributed by atoms with Crippen LogP contribution in [0, 0.1) is 6.92 Å². The summed E-state index contributed by atoms with van der Waals surface area (Å²) in [7, 11) is 0. The number of benzene rings is 1. The van der Waals surface area contributed by atoms with Gasteiger partial charge >= 0.3 is 12.1 Å². The number of halogens is 3. The number of para-hydroxylation sites is 1. The van der Waals surface area contributed by atoms with E-state index in [0.717, 1.165) is 12.1 Å². The molecule has 0 spiro atoms. The normalized spacial score (nSPS) is 11.8. The van der Waals surface area contributed by atoms with Crippen LogP contribution in [0.3, 0.4) is 0 Å². The average Bonchev–Trinajstić information content (AvgIpc) is 2.28. The fourth-order valence-electron chi connectivity index (χ4n) is 1.84. The van der Waals surface area contributed by atoms with Crippen LogP contribution in [-0.4, -0.2) is 21.2 Å². The Bertz CT molecular complexity index is 680. The molecule has 0 atom stereocenters. The minimum atomic E-state index is -4.65. The molecule has 2 N–H and O–H groups in total. The molecule has 7 heteroatoms. The molecule has 2 rings (SSSR count). The Kier molecular flexibility index (Phi) is 2.84. The first-order valence-corrected chi connectivity index (χ1v) is 5.16. The number of aromatic nitrogens is 1. The van der Waals surface area contributed by atoms with Crippen molar-refractivity contribution in [2.45, 2.75) is 13.1 Å². The number of hydrogen-bond acceptors (Lipinski definition) is 3. The third kappa shape index (κ3) is 2.07. The molecule has 19 heavy (non-hydrogen) atoms. The van der Waals surface area contributed by atoms with Crippen molar-refractivity contribution < 1.29 is 28.2 Å². The highest BCUT2D eigenvalue weighted by molar-refractivity contribution is 6.06. The van der Waals surface area contributed by atoms with Crippen LogP contribution in [-0.2, 0) is 6.18 Å². The zero-order chi connectivity index (χ0) is 14.4. The van der Waals surface area contributed by atoms with E-state index in [0.29, 0.717) is 0 Å².